The van der Waals surface area contributed by atoms with Gasteiger partial charge in [0.05, 0.1) is 19.3 Å². The molecule has 7 heteroatoms. The van der Waals surface area contributed by atoms with Crippen LogP contribution in [0.5, 0.6) is 11.5 Å². The molecular formula is C20H23N3O4. The predicted molar refractivity (Wildman–Crippen MR) is 99.7 cm³/mol. The van der Waals surface area contributed by atoms with Gasteiger partial charge in [-0.15, -0.1) is 0 Å². The van der Waals surface area contributed by atoms with E-state index in [-0.39, 0.29) is 18.3 Å². The Balaban J connectivity index is 1.56. The van der Waals surface area contributed by atoms with Crippen LogP contribution in [-0.4, -0.2) is 34.7 Å². The summed E-state index contributed by atoms with van der Waals surface area (Å²) in [5.74, 6) is 2.12. The van der Waals surface area contributed by atoms with Crippen LogP contribution in [0.3, 0.4) is 0 Å². The normalized spacial score (nSPS) is 10.6. The fourth-order valence-electron chi connectivity index (χ4n) is 2.56. The molecule has 0 aliphatic heterocycles. The third-order valence-corrected chi connectivity index (χ3v) is 4.08. The van der Waals surface area contributed by atoms with Crippen molar-refractivity contribution in [3.63, 3.8) is 0 Å². The Morgan fingerprint density at radius 2 is 1.89 bits per heavy atom. The number of aryl methyl sites for hydroxylation is 1. The van der Waals surface area contributed by atoms with Crippen molar-refractivity contribution in [3.05, 3.63) is 65.9 Å². The average Bonchev–Trinajstić information content (AvgIpc) is 3.35. The molecule has 0 saturated heterocycles. The van der Waals surface area contributed by atoms with Gasteiger partial charge in [-0.2, -0.15) is 5.10 Å². The number of benzene rings is 1. The predicted octanol–water partition coefficient (Wildman–Crippen LogP) is 3.36. The van der Waals surface area contributed by atoms with Crippen molar-refractivity contribution in [2.75, 3.05) is 14.2 Å². The number of aromatic nitrogens is 2. The molecule has 3 aromatic rings. The molecule has 7 nitrogen and oxygen atoms in total. The number of carbonyl (C=O) groups is 1. The Kier molecular flexibility index (Phi) is 5.80. The fraction of sp³-hybridized carbons (Fsp3) is 0.300. The van der Waals surface area contributed by atoms with Crippen LogP contribution in [0, 0.1) is 0 Å². The largest absolute Gasteiger partial charge is 0.497 e. The lowest BCUT2D eigenvalue weighted by Gasteiger charge is -2.14. The van der Waals surface area contributed by atoms with Gasteiger partial charge in [0.1, 0.15) is 23.9 Å². The summed E-state index contributed by atoms with van der Waals surface area (Å²) < 4.78 is 18.2. The first kappa shape index (κ1) is 18.6. The van der Waals surface area contributed by atoms with E-state index in [9.17, 15) is 4.79 Å². The SMILES string of the molecule is CCn1ccc(CN(C)C(=O)c2ccc(COc3ccc(OC)cc3)o2)n1. The lowest BCUT2D eigenvalue weighted by Crippen LogP contribution is -2.26. The second kappa shape index (κ2) is 8.44. The number of nitrogens with zero attached hydrogens (tertiary/aromatic N) is 3. The first-order chi connectivity index (χ1) is 13.1. The van der Waals surface area contributed by atoms with Crippen LogP contribution in [0.2, 0.25) is 0 Å². The molecule has 1 aromatic carbocycles. The molecule has 0 atom stereocenters. The van der Waals surface area contributed by atoms with E-state index in [4.69, 9.17) is 13.9 Å². The van der Waals surface area contributed by atoms with Gasteiger partial charge in [-0.1, -0.05) is 0 Å². The second-order valence-corrected chi connectivity index (χ2v) is 6.05. The smallest absolute Gasteiger partial charge is 0.289 e. The van der Waals surface area contributed by atoms with Crippen molar-refractivity contribution in [1.29, 1.82) is 0 Å². The number of rotatable bonds is 8. The maximum Gasteiger partial charge on any atom is 0.289 e. The molecule has 0 radical (unpaired) electrons. The number of hydrogen-bond acceptors (Lipinski definition) is 5. The van der Waals surface area contributed by atoms with E-state index in [1.807, 2.05) is 48.1 Å². The number of furan rings is 1. The molecule has 0 aliphatic rings. The van der Waals surface area contributed by atoms with E-state index in [0.29, 0.717) is 18.1 Å². The highest BCUT2D eigenvalue weighted by Gasteiger charge is 2.17. The maximum absolute atomic E-state index is 12.5. The van der Waals surface area contributed by atoms with E-state index in [2.05, 4.69) is 5.10 Å². The molecule has 2 aromatic heterocycles. The van der Waals surface area contributed by atoms with E-state index in [1.165, 1.54) is 0 Å². The lowest BCUT2D eigenvalue weighted by molar-refractivity contribution is 0.0747. The van der Waals surface area contributed by atoms with Gasteiger partial charge in [-0.25, -0.2) is 0 Å². The van der Waals surface area contributed by atoms with Crippen molar-refractivity contribution in [1.82, 2.24) is 14.7 Å². The minimum atomic E-state index is -0.197. The van der Waals surface area contributed by atoms with E-state index in [0.717, 1.165) is 18.0 Å². The summed E-state index contributed by atoms with van der Waals surface area (Å²) in [4.78, 5) is 14.1. The van der Waals surface area contributed by atoms with Crippen LogP contribution < -0.4 is 9.47 Å². The molecule has 3 rings (SSSR count). The minimum absolute atomic E-state index is 0.197. The highest BCUT2D eigenvalue weighted by molar-refractivity contribution is 5.91. The Labute approximate surface area is 158 Å². The van der Waals surface area contributed by atoms with E-state index < -0.39 is 0 Å². The molecule has 0 fully saturated rings. The number of methoxy groups -OCH3 is 1. The van der Waals surface area contributed by atoms with Gasteiger partial charge in [0.25, 0.3) is 5.91 Å². The number of carbonyl (C=O) groups excluding carboxylic acids is 1. The van der Waals surface area contributed by atoms with E-state index in [1.54, 1.807) is 31.2 Å². The number of hydrogen-bond donors (Lipinski definition) is 0. The monoisotopic (exact) mass is 369 g/mol. The Hall–Kier alpha value is -3.22. The fourth-order valence-corrected chi connectivity index (χ4v) is 2.56. The Bertz CT molecular complexity index is 883. The van der Waals surface area contributed by atoms with Crippen molar-refractivity contribution < 1.29 is 18.7 Å². The molecule has 27 heavy (non-hydrogen) atoms. The van der Waals surface area contributed by atoms with Crippen LogP contribution in [0.4, 0.5) is 0 Å². The standard InChI is InChI=1S/C20H23N3O4/c1-4-23-12-11-15(21-23)13-22(2)20(24)19-10-9-18(27-19)14-26-17-7-5-16(25-3)6-8-17/h5-12H,4,13-14H2,1-3H3. The molecule has 0 bridgehead atoms. The number of amides is 1. The summed E-state index contributed by atoms with van der Waals surface area (Å²) in [5, 5.41) is 4.39. The van der Waals surface area contributed by atoms with Crippen LogP contribution in [0.1, 0.15) is 28.9 Å². The Morgan fingerprint density at radius 3 is 2.56 bits per heavy atom. The Morgan fingerprint density at radius 1 is 1.15 bits per heavy atom. The van der Waals surface area contributed by atoms with Crippen LogP contribution in [0.15, 0.2) is 53.1 Å². The topological polar surface area (TPSA) is 69.7 Å². The lowest BCUT2D eigenvalue weighted by atomic mass is 10.3. The molecule has 2 heterocycles. The van der Waals surface area contributed by atoms with Gasteiger partial charge in [0, 0.05) is 19.8 Å². The number of ether oxygens (including phenoxy) is 2. The third-order valence-electron chi connectivity index (χ3n) is 4.08. The van der Waals surface area contributed by atoms with Crippen LogP contribution in [-0.2, 0) is 19.7 Å². The zero-order valence-corrected chi connectivity index (χ0v) is 15.7. The maximum atomic E-state index is 12.5. The van der Waals surface area contributed by atoms with Gasteiger partial charge in [0.15, 0.2) is 5.76 Å². The summed E-state index contributed by atoms with van der Waals surface area (Å²) in [6, 6.07) is 12.6. The minimum Gasteiger partial charge on any atom is -0.497 e. The second-order valence-electron chi connectivity index (χ2n) is 6.05. The molecular weight excluding hydrogens is 346 g/mol. The molecule has 0 spiro atoms. The first-order valence-electron chi connectivity index (χ1n) is 8.72. The highest BCUT2D eigenvalue weighted by Crippen LogP contribution is 2.19. The molecule has 0 saturated carbocycles. The highest BCUT2D eigenvalue weighted by atomic mass is 16.5. The van der Waals surface area contributed by atoms with Crippen molar-refractivity contribution in [2.45, 2.75) is 26.6 Å². The molecule has 0 N–H and O–H groups in total. The summed E-state index contributed by atoms with van der Waals surface area (Å²) in [6.45, 7) is 3.48. The molecule has 0 unspecified atom stereocenters. The average molecular weight is 369 g/mol. The zero-order chi connectivity index (χ0) is 19.2. The zero-order valence-electron chi connectivity index (χ0n) is 15.7. The van der Waals surface area contributed by atoms with Gasteiger partial charge >= 0.3 is 0 Å². The molecule has 142 valence electrons. The quantitative estimate of drug-likeness (QED) is 0.609. The first-order valence-corrected chi connectivity index (χ1v) is 8.72. The van der Waals surface area contributed by atoms with Crippen molar-refractivity contribution >= 4 is 5.91 Å². The van der Waals surface area contributed by atoms with Crippen LogP contribution in [0.25, 0.3) is 0 Å². The third kappa shape index (κ3) is 4.69. The molecule has 1 amide bonds. The van der Waals surface area contributed by atoms with Gasteiger partial charge in [-0.3, -0.25) is 9.48 Å². The summed E-state index contributed by atoms with van der Waals surface area (Å²) in [7, 11) is 3.34. The summed E-state index contributed by atoms with van der Waals surface area (Å²) >= 11 is 0. The van der Waals surface area contributed by atoms with Gasteiger partial charge in [-0.05, 0) is 49.4 Å². The summed E-state index contributed by atoms with van der Waals surface area (Å²) in [6.07, 6.45) is 1.90. The van der Waals surface area contributed by atoms with Gasteiger partial charge < -0.3 is 18.8 Å². The van der Waals surface area contributed by atoms with Crippen LogP contribution >= 0.6 is 0 Å². The van der Waals surface area contributed by atoms with Crippen molar-refractivity contribution in [2.24, 2.45) is 0 Å². The summed E-state index contributed by atoms with van der Waals surface area (Å²) in [5.41, 5.74) is 0.835. The van der Waals surface area contributed by atoms with E-state index >= 15 is 0 Å². The molecule has 0 aliphatic carbocycles. The van der Waals surface area contributed by atoms with Gasteiger partial charge in [0.2, 0.25) is 0 Å². The van der Waals surface area contributed by atoms with Crippen molar-refractivity contribution in [3.8, 4) is 11.5 Å².